The highest BCUT2D eigenvalue weighted by Gasteiger charge is 2.06. The minimum atomic E-state index is 0.614. The Labute approximate surface area is 112 Å². The Balaban J connectivity index is 2.14. The van der Waals surface area contributed by atoms with Gasteiger partial charge in [-0.05, 0) is 40.5 Å². The zero-order valence-corrected chi connectivity index (χ0v) is 11.6. The Bertz CT molecular complexity index is 571. The van der Waals surface area contributed by atoms with E-state index >= 15 is 0 Å². The summed E-state index contributed by atoms with van der Waals surface area (Å²) in [6.45, 7) is 2.59. The van der Waals surface area contributed by atoms with E-state index in [2.05, 4.69) is 38.4 Å². The summed E-state index contributed by atoms with van der Waals surface area (Å²) in [4.78, 5) is 5.39. The van der Waals surface area contributed by atoms with E-state index in [1.165, 1.54) is 4.88 Å². The second-order valence-electron chi connectivity index (χ2n) is 3.55. The van der Waals surface area contributed by atoms with Crippen LogP contribution in [0.4, 0.5) is 5.82 Å². The molecule has 0 unspecified atom stereocenters. The molecule has 2 aromatic heterocycles. The Morgan fingerprint density at radius 3 is 3.06 bits per heavy atom. The molecular formula is C12H10BrN3S. The van der Waals surface area contributed by atoms with Crippen LogP contribution in [-0.2, 0) is 6.54 Å². The second kappa shape index (κ2) is 5.30. The number of anilines is 1. The summed E-state index contributed by atoms with van der Waals surface area (Å²) in [6.07, 6.45) is 1.71. The quantitative estimate of drug-likeness (QED) is 0.940. The average molecular weight is 308 g/mol. The van der Waals surface area contributed by atoms with E-state index in [1.807, 2.05) is 18.4 Å². The lowest BCUT2D eigenvalue weighted by molar-refractivity contribution is 1.12. The molecule has 2 aromatic rings. The summed E-state index contributed by atoms with van der Waals surface area (Å²) in [5.41, 5.74) is 1.56. The van der Waals surface area contributed by atoms with Crippen LogP contribution < -0.4 is 5.32 Å². The first kappa shape index (κ1) is 12.1. The molecular weight excluding hydrogens is 298 g/mol. The van der Waals surface area contributed by atoms with Crippen molar-refractivity contribution in [2.24, 2.45) is 0 Å². The van der Waals surface area contributed by atoms with Gasteiger partial charge in [-0.15, -0.1) is 11.3 Å². The van der Waals surface area contributed by atoms with Gasteiger partial charge in [-0.1, -0.05) is 0 Å². The standard InChI is InChI=1S/C12H10BrN3S/c1-8-2-3-15-12(11(8)5-14)16-6-10-4-9(13)7-17-10/h2-4,7H,6H2,1H3,(H,15,16). The fourth-order valence-corrected chi connectivity index (χ4v) is 2.84. The van der Waals surface area contributed by atoms with Crippen molar-refractivity contribution >= 4 is 33.1 Å². The summed E-state index contributed by atoms with van der Waals surface area (Å²) in [5, 5.41) is 14.3. The topological polar surface area (TPSA) is 48.7 Å². The lowest BCUT2D eigenvalue weighted by atomic mass is 10.1. The third-order valence-corrected chi connectivity index (χ3v) is 4.02. The van der Waals surface area contributed by atoms with Crippen molar-refractivity contribution in [3.05, 3.63) is 44.2 Å². The van der Waals surface area contributed by atoms with Crippen molar-refractivity contribution < 1.29 is 0 Å². The SMILES string of the molecule is Cc1ccnc(NCc2cc(Br)cs2)c1C#N. The monoisotopic (exact) mass is 307 g/mol. The maximum absolute atomic E-state index is 9.07. The van der Waals surface area contributed by atoms with Gasteiger partial charge in [-0.2, -0.15) is 5.26 Å². The molecule has 0 bridgehead atoms. The molecule has 3 nitrogen and oxygen atoms in total. The molecule has 0 aliphatic carbocycles. The Morgan fingerprint density at radius 1 is 1.59 bits per heavy atom. The number of hydrogen-bond acceptors (Lipinski definition) is 4. The maximum Gasteiger partial charge on any atom is 0.144 e. The first-order valence-corrected chi connectivity index (χ1v) is 6.70. The van der Waals surface area contributed by atoms with Crippen molar-refractivity contribution in [3.63, 3.8) is 0 Å². The predicted octanol–water partition coefficient (Wildman–Crippen LogP) is 3.70. The molecule has 1 N–H and O–H groups in total. The van der Waals surface area contributed by atoms with Crippen LogP contribution in [-0.4, -0.2) is 4.98 Å². The highest BCUT2D eigenvalue weighted by Crippen LogP contribution is 2.21. The fourth-order valence-electron chi connectivity index (χ4n) is 1.45. The van der Waals surface area contributed by atoms with Crippen LogP contribution in [0.1, 0.15) is 16.0 Å². The Hall–Kier alpha value is -1.38. The van der Waals surface area contributed by atoms with Crippen LogP contribution in [0.25, 0.3) is 0 Å². The molecule has 0 atom stereocenters. The molecule has 0 aliphatic rings. The van der Waals surface area contributed by atoms with Gasteiger partial charge in [-0.25, -0.2) is 4.98 Å². The van der Waals surface area contributed by atoms with Crippen LogP contribution in [0.3, 0.4) is 0 Å². The molecule has 0 amide bonds. The van der Waals surface area contributed by atoms with Gasteiger partial charge in [0.25, 0.3) is 0 Å². The summed E-state index contributed by atoms with van der Waals surface area (Å²) in [6, 6.07) is 6.07. The van der Waals surface area contributed by atoms with Gasteiger partial charge >= 0.3 is 0 Å². The van der Waals surface area contributed by atoms with Gasteiger partial charge in [-0.3, -0.25) is 0 Å². The molecule has 5 heteroatoms. The van der Waals surface area contributed by atoms with Crippen molar-refractivity contribution in [2.75, 3.05) is 5.32 Å². The van der Waals surface area contributed by atoms with Crippen LogP contribution >= 0.6 is 27.3 Å². The smallest absolute Gasteiger partial charge is 0.144 e. The molecule has 17 heavy (non-hydrogen) atoms. The number of nitrogens with zero attached hydrogens (tertiary/aromatic N) is 2. The maximum atomic E-state index is 9.07. The van der Waals surface area contributed by atoms with E-state index in [-0.39, 0.29) is 0 Å². The number of nitrogens with one attached hydrogen (secondary N) is 1. The van der Waals surface area contributed by atoms with E-state index in [0.717, 1.165) is 10.0 Å². The normalized spacial score (nSPS) is 9.94. The van der Waals surface area contributed by atoms with Crippen molar-refractivity contribution in [1.82, 2.24) is 4.98 Å². The number of pyridine rings is 1. The largest absolute Gasteiger partial charge is 0.364 e. The summed E-state index contributed by atoms with van der Waals surface area (Å²) in [7, 11) is 0. The van der Waals surface area contributed by atoms with E-state index in [4.69, 9.17) is 5.26 Å². The number of thiophene rings is 1. The predicted molar refractivity (Wildman–Crippen MR) is 73.0 cm³/mol. The zero-order chi connectivity index (χ0) is 12.3. The molecule has 0 aliphatic heterocycles. The Kier molecular flexibility index (Phi) is 3.77. The summed E-state index contributed by atoms with van der Waals surface area (Å²) < 4.78 is 1.08. The van der Waals surface area contributed by atoms with Gasteiger partial charge in [0.15, 0.2) is 0 Å². The number of nitriles is 1. The number of aryl methyl sites for hydroxylation is 1. The molecule has 2 heterocycles. The number of rotatable bonds is 3. The van der Waals surface area contributed by atoms with Gasteiger partial charge < -0.3 is 5.32 Å². The third-order valence-electron chi connectivity index (χ3n) is 2.32. The molecule has 2 rings (SSSR count). The number of halogens is 1. The summed E-state index contributed by atoms with van der Waals surface area (Å²) in [5.74, 6) is 0.650. The van der Waals surface area contributed by atoms with E-state index < -0.39 is 0 Å². The van der Waals surface area contributed by atoms with Gasteiger partial charge in [0.1, 0.15) is 11.9 Å². The molecule has 0 radical (unpaired) electrons. The van der Waals surface area contributed by atoms with Crippen molar-refractivity contribution in [3.8, 4) is 6.07 Å². The van der Waals surface area contributed by atoms with Crippen LogP contribution in [0.5, 0.6) is 0 Å². The Morgan fingerprint density at radius 2 is 2.41 bits per heavy atom. The fraction of sp³-hybridized carbons (Fsp3) is 0.167. The second-order valence-corrected chi connectivity index (χ2v) is 5.46. The van der Waals surface area contributed by atoms with Gasteiger partial charge in [0.05, 0.1) is 12.1 Å². The van der Waals surface area contributed by atoms with Crippen LogP contribution in [0, 0.1) is 18.3 Å². The number of aromatic nitrogens is 1. The minimum Gasteiger partial charge on any atom is -0.364 e. The van der Waals surface area contributed by atoms with E-state index in [1.54, 1.807) is 17.5 Å². The van der Waals surface area contributed by atoms with Crippen molar-refractivity contribution in [2.45, 2.75) is 13.5 Å². The highest BCUT2D eigenvalue weighted by atomic mass is 79.9. The van der Waals surface area contributed by atoms with E-state index in [0.29, 0.717) is 17.9 Å². The molecule has 86 valence electrons. The van der Waals surface area contributed by atoms with Crippen molar-refractivity contribution in [1.29, 1.82) is 5.26 Å². The highest BCUT2D eigenvalue weighted by molar-refractivity contribution is 9.10. The zero-order valence-electron chi connectivity index (χ0n) is 9.20. The average Bonchev–Trinajstić information content (AvgIpc) is 2.72. The third kappa shape index (κ3) is 2.84. The number of hydrogen-bond donors (Lipinski definition) is 1. The molecule has 0 fully saturated rings. The molecule has 0 aromatic carbocycles. The van der Waals surface area contributed by atoms with Crippen LogP contribution in [0.15, 0.2) is 28.2 Å². The van der Waals surface area contributed by atoms with Crippen LogP contribution in [0.2, 0.25) is 0 Å². The molecule has 0 spiro atoms. The van der Waals surface area contributed by atoms with Gasteiger partial charge in [0, 0.05) is 20.9 Å². The first-order chi connectivity index (χ1) is 8.20. The lowest BCUT2D eigenvalue weighted by Crippen LogP contribution is -2.03. The molecule has 0 saturated carbocycles. The molecule has 0 saturated heterocycles. The lowest BCUT2D eigenvalue weighted by Gasteiger charge is -2.07. The first-order valence-electron chi connectivity index (χ1n) is 5.03. The van der Waals surface area contributed by atoms with E-state index in [9.17, 15) is 0 Å². The summed E-state index contributed by atoms with van der Waals surface area (Å²) >= 11 is 5.08. The minimum absolute atomic E-state index is 0.614. The van der Waals surface area contributed by atoms with Gasteiger partial charge in [0.2, 0.25) is 0 Å².